The van der Waals surface area contributed by atoms with E-state index in [0.717, 1.165) is 12.8 Å². The third kappa shape index (κ3) is 15.9. The summed E-state index contributed by atoms with van der Waals surface area (Å²) in [4.78, 5) is 91.0. The van der Waals surface area contributed by atoms with Crippen molar-refractivity contribution in [2.75, 3.05) is 85.1 Å². The van der Waals surface area contributed by atoms with Gasteiger partial charge in [0.1, 0.15) is 18.2 Å². The first kappa shape index (κ1) is 40.5. The van der Waals surface area contributed by atoms with Crippen LogP contribution in [0.5, 0.6) is 0 Å². The molecule has 0 saturated carbocycles. The first-order valence-electron chi connectivity index (χ1n) is 16.4. The molecule has 0 aromatic rings. The number of carboxylic acid groups (broad SMARTS) is 3. The highest BCUT2D eigenvalue weighted by Gasteiger charge is 2.34. The number of aliphatic carboxylic acids is 3. The van der Waals surface area contributed by atoms with Crippen LogP contribution in [-0.2, 0) is 33.6 Å². The third-order valence-electron chi connectivity index (χ3n) is 8.19. The standard InChI is InChI=1S/C30H52N8O10/c1-21(2)4-3-6-32-25(40)16-23-30(48)33-22(29(47)34-23)5-7-31-24(20-39)38-14-12-36(18-27(43)44)10-8-35(17-26(41)42)9-11-37(13-15-38)19-28(45)46/h20-24,31H,3-19H2,1-2H3,(H,32,40)(H,33,48)(H,34,47)(H,41,42)(H,43,44)(H,45,46)/t22-,23?,24?/m1/s1. The Hall–Kier alpha value is -3.71. The summed E-state index contributed by atoms with van der Waals surface area (Å²) in [6.45, 7) is 5.82. The Kier molecular flexibility index (Phi) is 18.0. The van der Waals surface area contributed by atoms with Gasteiger partial charge in [-0.2, -0.15) is 0 Å². The largest absolute Gasteiger partial charge is 0.480 e. The van der Waals surface area contributed by atoms with Gasteiger partial charge in [0.2, 0.25) is 17.7 Å². The molecule has 0 spiro atoms. The van der Waals surface area contributed by atoms with Crippen molar-refractivity contribution in [3.63, 3.8) is 0 Å². The Morgan fingerprint density at radius 1 is 0.771 bits per heavy atom. The molecule has 0 radical (unpaired) electrons. The predicted molar refractivity (Wildman–Crippen MR) is 172 cm³/mol. The van der Waals surface area contributed by atoms with Gasteiger partial charge in [-0.1, -0.05) is 13.8 Å². The lowest BCUT2D eigenvalue weighted by atomic mass is 10.0. The molecule has 0 aromatic carbocycles. The molecule has 2 aliphatic rings. The summed E-state index contributed by atoms with van der Waals surface area (Å²) in [5.74, 6) is -3.93. The fourth-order valence-electron chi connectivity index (χ4n) is 5.54. The first-order chi connectivity index (χ1) is 22.8. The molecule has 18 nitrogen and oxygen atoms in total. The van der Waals surface area contributed by atoms with Gasteiger partial charge in [0.25, 0.3) is 0 Å². The van der Waals surface area contributed by atoms with Crippen molar-refractivity contribution in [2.45, 2.75) is 57.8 Å². The topological polar surface area (TPSA) is 241 Å². The maximum atomic E-state index is 12.8. The lowest BCUT2D eigenvalue weighted by Crippen LogP contribution is -2.63. The number of amides is 3. The van der Waals surface area contributed by atoms with Crippen molar-refractivity contribution in [2.24, 2.45) is 5.92 Å². The predicted octanol–water partition coefficient (Wildman–Crippen LogP) is -3.11. The van der Waals surface area contributed by atoms with Crippen LogP contribution in [0.2, 0.25) is 0 Å². The summed E-state index contributed by atoms with van der Waals surface area (Å²) in [6, 6.07) is -1.88. The number of piperazine rings is 1. The normalized spacial score (nSPS) is 21.7. The van der Waals surface area contributed by atoms with E-state index >= 15 is 0 Å². The van der Waals surface area contributed by atoms with Crippen LogP contribution in [-0.4, -0.2) is 180 Å². The van der Waals surface area contributed by atoms with Gasteiger partial charge in [-0.25, -0.2) is 0 Å². The van der Waals surface area contributed by atoms with E-state index in [1.165, 1.54) is 0 Å². The number of rotatable bonds is 18. The summed E-state index contributed by atoms with van der Waals surface area (Å²) >= 11 is 0. The summed E-state index contributed by atoms with van der Waals surface area (Å²) in [6.07, 6.45) is 1.53. The Bertz CT molecular complexity index is 1080. The van der Waals surface area contributed by atoms with E-state index in [2.05, 4.69) is 35.1 Å². The second-order valence-electron chi connectivity index (χ2n) is 12.6. The first-order valence-corrected chi connectivity index (χ1v) is 16.4. The highest BCUT2D eigenvalue weighted by Crippen LogP contribution is 2.07. The van der Waals surface area contributed by atoms with Crippen molar-refractivity contribution >= 4 is 41.9 Å². The van der Waals surface area contributed by atoms with Crippen LogP contribution >= 0.6 is 0 Å². The van der Waals surface area contributed by atoms with Crippen LogP contribution in [0.25, 0.3) is 0 Å². The molecule has 3 amide bonds. The van der Waals surface area contributed by atoms with Gasteiger partial charge >= 0.3 is 17.9 Å². The highest BCUT2D eigenvalue weighted by molar-refractivity contribution is 5.99. The molecule has 2 fully saturated rings. The van der Waals surface area contributed by atoms with Gasteiger partial charge in [-0.15, -0.1) is 0 Å². The molecule has 0 aromatic heterocycles. The van der Waals surface area contributed by atoms with Gasteiger partial charge in [0.05, 0.1) is 26.1 Å². The van der Waals surface area contributed by atoms with Crippen LogP contribution in [0.3, 0.4) is 0 Å². The second-order valence-corrected chi connectivity index (χ2v) is 12.6. The maximum absolute atomic E-state index is 12.8. The molecule has 2 heterocycles. The molecule has 48 heavy (non-hydrogen) atoms. The lowest BCUT2D eigenvalue weighted by molar-refractivity contribution is -0.140. The second kappa shape index (κ2) is 21.3. The molecule has 3 atom stereocenters. The number of hydrogen-bond donors (Lipinski definition) is 7. The molecular weight excluding hydrogens is 632 g/mol. The van der Waals surface area contributed by atoms with Gasteiger partial charge in [-0.3, -0.25) is 53.7 Å². The lowest BCUT2D eigenvalue weighted by Gasteiger charge is -2.35. The fourth-order valence-corrected chi connectivity index (χ4v) is 5.54. The molecule has 2 saturated heterocycles. The van der Waals surface area contributed by atoms with Crippen molar-refractivity contribution in [1.82, 2.24) is 40.9 Å². The summed E-state index contributed by atoms with van der Waals surface area (Å²) in [5, 5.41) is 39.3. The number of carboxylic acids is 3. The Morgan fingerprint density at radius 2 is 1.23 bits per heavy atom. The van der Waals surface area contributed by atoms with Gasteiger partial charge in [0.15, 0.2) is 6.29 Å². The average Bonchev–Trinajstić information content (AvgIpc) is 2.99. The summed E-state index contributed by atoms with van der Waals surface area (Å²) in [7, 11) is 0. The Labute approximate surface area is 280 Å². The van der Waals surface area contributed by atoms with Gasteiger partial charge in [-0.05, 0) is 31.7 Å². The van der Waals surface area contributed by atoms with Crippen LogP contribution in [0.1, 0.15) is 39.5 Å². The molecule has 18 heteroatoms. The molecule has 2 unspecified atom stereocenters. The van der Waals surface area contributed by atoms with Crippen molar-refractivity contribution < 1.29 is 48.9 Å². The van der Waals surface area contributed by atoms with Gasteiger partial charge < -0.3 is 36.1 Å². The van der Waals surface area contributed by atoms with Crippen molar-refractivity contribution in [1.29, 1.82) is 0 Å². The molecule has 7 N–H and O–H groups in total. The summed E-state index contributed by atoms with van der Waals surface area (Å²) < 4.78 is 0. The zero-order valence-electron chi connectivity index (χ0n) is 27.9. The zero-order valence-corrected chi connectivity index (χ0v) is 27.9. The quantitative estimate of drug-likeness (QED) is 0.0559. The molecule has 0 bridgehead atoms. The van der Waals surface area contributed by atoms with Crippen molar-refractivity contribution in [3.05, 3.63) is 0 Å². The Morgan fingerprint density at radius 3 is 1.69 bits per heavy atom. The minimum absolute atomic E-state index is 0.138. The van der Waals surface area contributed by atoms with E-state index in [1.807, 2.05) is 0 Å². The number of hydrogen-bond acceptors (Lipinski definition) is 12. The van der Waals surface area contributed by atoms with E-state index in [9.17, 15) is 48.9 Å². The maximum Gasteiger partial charge on any atom is 0.317 e. The van der Waals surface area contributed by atoms with E-state index in [0.29, 0.717) is 18.7 Å². The zero-order chi connectivity index (χ0) is 35.6. The number of nitrogens with zero attached hydrogens (tertiary/aromatic N) is 4. The molecule has 272 valence electrons. The van der Waals surface area contributed by atoms with E-state index in [4.69, 9.17) is 0 Å². The number of carbonyl (C=O) groups is 7. The number of carbonyl (C=O) groups excluding carboxylic acids is 4. The average molecular weight is 685 g/mol. The minimum atomic E-state index is -1.06. The van der Waals surface area contributed by atoms with Gasteiger partial charge in [0, 0.05) is 58.9 Å². The molecule has 2 rings (SSSR count). The number of nitrogens with one attached hydrogen (secondary N) is 4. The van der Waals surface area contributed by atoms with E-state index < -0.39 is 48.0 Å². The summed E-state index contributed by atoms with van der Waals surface area (Å²) in [5.41, 5.74) is 0. The monoisotopic (exact) mass is 684 g/mol. The van der Waals surface area contributed by atoms with Crippen molar-refractivity contribution in [3.8, 4) is 0 Å². The minimum Gasteiger partial charge on any atom is -0.480 e. The van der Waals surface area contributed by atoms with Crippen LogP contribution in [0.15, 0.2) is 0 Å². The molecular formula is C30H52N8O10. The van der Waals surface area contributed by atoms with Crippen LogP contribution in [0.4, 0.5) is 0 Å². The molecule has 0 aliphatic carbocycles. The van der Waals surface area contributed by atoms with Crippen LogP contribution < -0.4 is 21.3 Å². The van der Waals surface area contributed by atoms with Crippen LogP contribution in [0, 0.1) is 5.92 Å². The molecule has 2 aliphatic heterocycles. The fraction of sp³-hybridized carbons (Fsp3) is 0.767. The smallest absolute Gasteiger partial charge is 0.317 e. The number of aldehydes is 1. The third-order valence-corrected chi connectivity index (χ3v) is 8.19. The highest BCUT2D eigenvalue weighted by atomic mass is 16.4. The SMILES string of the molecule is CC(C)CCCNC(=O)CC1NC(=O)[C@@H](CCNC(C=O)N2CCN(CC(=O)O)CCN(CC(=O)O)CCN(CC(=O)O)CC2)NC1=O. The van der Waals surface area contributed by atoms with E-state index in [-0.39, 0.29) is 97.3 Å². The van der Waals surface area contributed by atoms with E-state index in [1.54, 1.807) is 19.6 Å². The Balaban J connectivity index is 2.00.